The van der Waals surface area contributed by atoms with Gasteiger partial charge in [0, 0.05) is 33.5 Å². The SMILES string of the molecule is COC(=O)Nc1ccc2c(c1)NC(=O)C(C)CCC[C@H](NC(=O)C1CCC(CN)CC1)c1cc-2c(C(C)=O)s1. The van der Waals surface area contributed by atoms with E-state index in [1.54, 1.807) is 18.2 Å². The number of anilines is 2. The lowest BCUT2D eigenvalue weighted by Gasteiger charge is -2.28. The Kier molecular flexibility index (Phi) is 9.40. The highest BCUT2D eigenvalue weighted by atomic mass is 32.1. The van der Waals surface area contributed by atoms with Gasteiger partial charge in [-0.3, -0.25) is 19.7 Å². The minimum atomic E-state index is -0.625. The summed E-state index contributed by atoms with van der Waals surface area (Å²) in [6.45, 7) is 4.06. The molecule has 1 fully saturated rings. The zero-order valence-corrected chi connectivity index (χ0v) is 23.6. The Morgan fingerprint density at radius 3 is 2.49 bits per heavy atom. The monoisotopic (exact) mass is 554 g/mol. The summed E-state index contributed by atoms with van der Waals surface area (Å²) >= 11 is 1.39. The molecule has 210 valence electrons. The summed E-state index contributed by atoms with van der Waals surface area (Å²) in [5.41, 5.74) is 8.14. The highest BCUT2D eigenvalue weighted by Gasteiger charge is 2.30. The molecule has 1 aromatic heterocycles. The maximum absolute atomic E-state index is 13.3. The topological polar surface area (TPSA) is 140 Å². The quantitative estimate of drug-likeness (QED) is 0.361. The van der Waals surface area contributed by atoms with E-state index < -0.39 is 6.09 Å². The minimum absolute atomic E-state index is 0.0351. The summed E-state index contributed by atoms with van der Waals surface area (Å²) in [6.07, 6.45) is 5.03. The van der Waals surface area contributed by atoms with Crippen LogP contribution in [0.4, 0.5) is 16.2 Å². The van der Waals surface area contributed by atoms with E-state index in [0.717, 1.165) is 37.0 Å². The van der Waals surface area contributed by atoms with Gasteiger partial charge in [-0.2, -0.15) is 0 Å². The first-order valence-corrected chi connectivity index (χ1v) is 14.5. The van der Waals surface area contributed by atoms with Crippen LogP contribution in [0.2, 0.25) is 0 Å². The van der Waals surface area contributed by atoms with Gasteiger partial charge >= 0.3 is 6.09 Å². The summed E-state index contributed by atoms with van der Waals surface area (Å²) in [4.78, 5) is 52.5. The number of thiophene rings is 1. The average Bonchev–Trinajstić information content (AvgIpc) is 3.37. The van der Waals surface area contributed by atoms with Gasteiger partial charge in [-0.25, -0.2) is 4.79 Å². The third-order valence-electron chi connectivity index (χ3n) is 7.86. The highest BCUT2D eigenvalue weighted by molar-refractivity contribution is 7.14. The van der Waals surface area contributed by atoms with Gasteiger partial charge in [0.25, 0.3) is 0 Å². The summed E-state index contributed by atoms with van der Waals surface area (Å²) in [5.74, 6) is -0.00571. The van der Waals surface area contributed by atoms with Crippen molar-refractivity contribution in [2.45, 2.75) is 64.8 Å². The molecule has 1 aliphatic heterocycles. The van der Waals surface area contributed by atoms with Crippen LogP contribution >= 0.6 is 11.3 Å². The van der Waals surface area contributed by atoms with Gasteiger partial charge in [-0.15, -0.1) is 11.3 Å². The van der Waals surface area contributed by atoms with Crippen LogP contribution in [-0.2, 0) is 14.3 Å². The number of rotatable bonds is 5. The van der Waals surface area contributed by atoms with Crippen molar-refractivity contribution < 1.29 is 23.9 Å². The van der Waals surface area contributed by atoms with Crippen LogP contribution < -0.4 is 21.7 Å². The number of ketones is 1. The number of amides is 3. The van der Waals surface area contributed by atoms with Crippen molar-refractivity contribution in [3.63, 3.8) is 0 Å². The summed E-state index contributed by atoms with van der Waals surface area (Å²) < 4.78 is 4.70. The lowest BCUT2D eigenvalue weighted by atomic mass is 9.81. The smallest absolute Gasteiger partial charge is 0.411 e. The second kappa shape index (κ2) is 12.7. The van der Waals surface area contributed by atoms with Gasteiger partial charge in [0.1, 0.15) is 0 Å². The zero-order chi connectivity index (χ0) is 28.1. The fourth-order valence-electron chi connectivity index (χ4n) is 5.42. The summed E-state index contributed by atoms with van der Waals surface area (Å²) in [6, 6.07) is 6.86. The van der Waals surface area contributed by atoms with E-state index in [9.17, 15) is 19.2 Å². The molecule has 2 aromatic rings. The maximum atomic E-state index is 13.3. The molecule has 1 aromatic carbocycles. The van der Waals surface area contributed by atoms with E-state index in [2.05, 4.69) is 16.0 Å². The maximum Gasteiger partial charge on any atom is 0.411 e. The Labute approximate surface area is 233 Å². The molecule has 2 atom stereocenters. The third-order valence-corrected chi connectivity index (χ3v) is 9.21. The van der Waals surface area contributed by atoms with Crippen molar-refractivity contribution in [3.05, 3.63) is 34.0 Å². The molecule has 1 aliphatic carbocycles. The van der Waals surface area contributed by atoms with E-state index in [0.29, 0.717) is 52.7 Å². The van der Waals surface area contributed by atoms with Crippen molar-refractivity contribution >= 4 is 46.4 Å². The van der Waals surface area contributed by atoms with E-state index in [1.165, 1.54) is 25.4 Å². The number of hydrogen-bond donors (Lipinski definition) is 4. The van der Waals surface area contributed by atoms with Crippen molar-refractivity contribution in [3.8, 4) is 11.1 Å². The first kappa shape index (κ1) is 28.8. The van der Waals surface area contributed by atoms with Crippen LogP contribution in [0.3, 0.4) is 0 Å². The van der Waals surface area contributed by atoms with Crippen molar-refractivity contribution in [1.29, 1.82) is 0 Å². The molecular formula is C29H38N4O5S. The predicted molar refractivity (Wildman–Crippen MR) is 153 cm³/mol. The van der Waals surface area contributed by atoms with Gasteiger partial charge in [-0.05, 0) is 76.1 Å². The Morgan fingerprint density at radius 2 is 1.82 bits per heavy atom. The molecule has 2 heterocycles. The van der Waals surface area contributed by atoms with Crippen LogP contribution in [0.1, 0.15) is 79.4 Å². The first-order chi connectivity index (χ1) is 18.7. The molecular weight excluding hydrogens is 516 g/mol. The molecule has 39 heavy (non-hydrogen) atoms. The summed E-state index contributed by atoms with van der Waals surface area (Å²) in [7, 11) is 1.28. The van der Waals surface area contributed by atoms with Gasteiger partial charge in [0.05, 0.1) is 23.7 Å². The molecule has 2 bridgehead atoms. The number of carbonyl (C=O) groups excluding carboxylic acids is 4. The minimum Gasteiger partial charge on any atom is -0.453 e. The molecule has 9 nitrogen and oxygen atoms in total. The van der Waals surface area contributed by atoms with Crippen LogP contribution in [0.5, 0.6) is 0 Å². The number of carbonyl (C=O) groups is 4. The second-order valence-corrected chi connectivity index (χ2v) is 11.7. The Hall–Kier alpha value is -3.24. The standard InChI is InChI=1S/C29H38N4O5S/c1-16-5-4-6-23(32-28(36)19-9-7-18(15-30)8-10-19)25-14-22(26(39-25)17(2)34)21-12-11-20(31-29(37)38-3)13-24(21)33-27(16)35/h11-14,16,18-19,23H,4-10,15,30H2,1-3H3,(H,31,37)(H,32,36)(H,33,35)/t16?,18?,19?,23-/m0/s1. The Morgan fingerprint density at radius 1 is 1.08 bits per heavy atom. The van der Waals surface area contributed by atoms with Crippen LogP contribution in [0, 0.1) is 17.8 Å². The number of methoxy groups -OCH3 is 1. The number of ether oxygens (including phenoxy) is 1. The predicted octanol–water partition coefficient (Wildman–Crippen LogP) is 5.48. The van der Waals surface area contributed by atoms with Crippen LogP contribution in [-0.4, -0.2) is 37.3 Å². The number of fused-ring (bicyclic) bond motifs is 4. The largest absolute Gasteiger partial charge is 0.453 e. The van der Waals surface area contributed by atoms with Crippen LogP contribution in [0.15, 0.2) is 24.3 Å². The fraction of sp³-hybridized carbons (Fsp3) is 0.517. The highest BCUT2D eigenvalue weighted by Crippen LogP contribution is 2.41. The van der Waals surface area contributed by atoms with Crippen molar-refractivity contribution in [2.24, 2.45) is 23.5 Å². The molecule has 5 N–H and O–H groups in total. The molecule has 0 spiro atoms. The normalized spacial score (nSPS) is 23.3. The molecule has 1 unspecified atom stereocenters. The third kappa shape index (κ3) is 6.86. The van der Waals surface area contributed by atoms with Gasteiger partial charge in [0.2, 0.25) is 11.8 Å². The average molecular weight is 555 g/mol. The van der Waals surface area contributed by atoms with Crippen molar-refractivity contribution in [2.75, 3.05) is 24.3 Å². The lowest BCUT2D eigenvalue weighted by molar-refractivity contribution is -0.127. The molecule has 4 rings (SSSR count). The molecule has 3 amide bonds. The molecule has 10 heteroatoms. The van der Waals surface area contributed by atoms with Gasteiger partial charge < -0.3 is 21.1 Å². The zero-order valence-electron chi connectivity index (χ0n) is 22.8. The number of benzene rings is 1. The first-order valence-electron chi connectivity index (χ1n) is 13.7. The molecule has 0 saturated heterocycles. The van der Waals surface area contributed by atoms with E-state index in [1.807, 2.05) is 13.0 Å². The lowest BCUT2D eigenvalue weighted by Crippen LogP contribution is -2.36. The second-order valence-electron chi connectivity index (χ2n) is 10.7. The van der Waals surface area contributed by atoms with E-state index in [4.69, 9.17) is 10.5 Å². The van der Waals surface area contributed by atoms with Crippen molar-refractivity contribution in [1.82, 2.24) is 5.32 Å². The Bertz CT molecular complexity index is 1230. The summed E-state index contributed by atoms with van der Waals surface area (Å²) in [5, 5.41) is 8.92. The van der Waals surface area contributed by atoms with E-state index >= 15 is 0 Å². The number of Topliss-reactive ketones (excluding diaryl/α,β-unsaturated/α-hetero) is 1. The molecule has 1 saturated carbocycles. The fourth-order valence-corrected chi connectivity index (χ4v) is 6.58. The van der Waals surface area contributed by atoms with Crippen LogP contribution in [0.25, 0.3) is 11.1 Å². The molecule has 2 aliphatic rings. The van der Waals surface area contributed by atoms with Gasteiger partial charge in [-0.1, -0.05) is 19.4 Å². The number of hydrogen-bond acceptors (Lipinski definition) is 7. The number of nitrogens with one attached hydrogen (secondary N) is 3. The van der Waals surface area contributed by atoms with E-state index in [-0.39, 0.29) is 35.5 Å². The van der Waals surface area contributed by atoms with Gasteiger partial charge in [0.15, 0.2) is 5.78 Å². The molecule has 0 radical (unpaired) electrons. The number of nitrogens with two attached hydrogens (primary N) is 1. The Balaban J connectivity index is 1.71.